The van der Waals surface area contributed by atoms with Gasteiger partial charge in [0.1, 0.15) is 18.2 Å². The van der Waals surface area contributed by atoms with Gasteiger partial charge in [-0.15, -0.1) is 11.8 Å². The number of nitrogens with zero attached hydrogens (tertiary/aromatic N) is 2. The third-order valence-electron chi connectivity index (χ3n) is 3.90. The van der Waals surface area contributed by atoms with Gasteiger partial charge in [0.05, 0.1) is 23.3 Å². The van der Waals surface area contributed by atoms with Gasteiger partial charge < -0.3 is 10.1 Å². The number of thioether (sulfide) groups is 1. The molecule has 0 saturated heterocycles. The molecule has 138 valence electrons. The fraction of sp³-hybridized carbons (Fsp3) is 0.353. The van der Waals surface area contributed by atoms with E-state index in [2.05, 4.69) is 10.4 Å². The topological polar surface area (TPSA) is 73.2 Å². The van der Waals surface area contributed by atoms with Crippen molar-refractivity contribution < 1.29 is 18.7 Å². The highest BCUT2D eigenvalue weighted by atomic mass is 35.5. The van der Waals surface area contributed by atoms with Gasteiger partial charge in [-0.2, -0.15) is 5.10 Å². The highest BCUT2D eigenvalue weighted by Gasteiger charge is 2.31. The van der Waals surface area contributed by atoms with Crippen molar-refractivity contribution in [3.63, 3.8) is 0 Å². The van der Waals surface area contributed by atoms with Crippen molar-refractivity contribution in [2.75, 3.05) is 17.7 Å². The van der Waals surface area contributed by atoms with Gasteiger partial charge in [-0.3, -0.25) is 9.59 Å². The molecule has 0 aliphatic carbocycles. The average Bonchev–Trinajstić information content (AvgIpc) is 2.75. The molecule has 3 rings (SSSR count). The predicted octanol–water partition coefficient (Wildman–Crippen LogP) is 3.32. The summed E-state index contributed by atoms with van der Waals surface area (Å²) < 4.78 is 19.8. The monoisotopic (exact) mass is 397 g/mol. The van der Waals surface area contributed by atoms with E-state index in [0.29, 0.717) is 17.1 Å². The summed E-state index contributed by atoms with van der Waals surface area (Å²) >= 11 is 7.62. The number of hydrogen-bond donors (Lipinski definition) is 1. The second-order valence-electron chi connectivity index (χ2n) is 5.72. The predicted molar refractivity (Wildman–Crippen MR) is 97.9 cm³/mol. The highest BCUT2D eigenvalue weighted by molar-refractivity contribution is 8.00. The van der Waals surface area contributed by atoms with Crippen LogP contribution in [0.4, 0.5) is 10.2 Å². The van der Waals surface area contributed by atoms with Crippen molar-refractivity contribution in [3.05, 3.63) is 45.9 Å². The second kappa shape index (κ2) is 7.67. The molecule has 1 aliphatic rings. The Bertz CT molecular complexity index is 871. The first kappa shape index (κ1) is 18.7. The summed E-state index contributed by atoms with van der Waals surface area (Å²) in [5.74, 6) is -0.439. The zero-order valence-electron chi connectivity index (χ0n) is 14.2. The third-order valence-corrected chi connectivity index (χ3v) is 5.48. The van der Waals surface area contributed by atoms with Crippen molar-refractivity contribution in [2.24, 2.45) is 0 Å². The summed E-state index contributed by atoms with van der Waals surface area (Å²) in [7, 11) is 0. The summed E-state index contributed by atoms with van der Waals surface area (Å²) in [6.45, 7) is 3.66. The number of carbonyl (C=O) groups excluding carboxylic acids is 2. The number of aromatic nitrogens is 2. The Morgan fingerprint density at radius 2 is 2.31 bits per heavy atom. The Labute approximate surface area is 159 Å². The van der Waals surface area contributed by atoms with Gasteiger partial charge >= 0.3 is 5.97 Å². The summed E-state index contributed by atoms with van der Waals surface area (Å²) in [6.07, 6.45) is 0. The van der Waals surface area contributed by atoms with Gasteiger partial charge in [0, 0.05) is 10.6 Å². The van der Waals surface area contributed by atoms with Gasteiger partial charge in [-0.1, -0.05) is 17.7 Å². The molecule has 0 spiro atoms. The SMILES string of the molecule is CCOC(=O)Cn1nc(C)c2c1NC(=O)CS[C@@H]2c1ccc(F)cc1Cl. The molecule has 26 heavy (non-hydrogen) atoms. The van der Waals surface area contributed by atoms with E-state index in [1.54, 1.807) is 19.9 Å². The van der Waals surface area contributed by atoms with Crippen molar-refractivity contribution in [2.45, 2.75) is 25.6 Å². The number of ether oxygens (including phenoxy) is 1. The Kier molecular flexibility index (Phi) is 5.52. The van der Waals surface area contributed by atoms with E-state index in [1.165, 1.54) is 28.6 Å². The fourth-order valence-corrected chi connectivity index (χ4v) is 4.42. The smallest absolute Gasteiger partial charge is 0.327 e. The van der Waals surface area contributed by atoms with Gasteiger partial charge in [0.25, 0.3) is 0 Å². The third kappa shape index (κ3) is 3.71. The van der Waals surface area contributed by atoms with Gasteiger partial charge in [-0.05, 0) is 31.5 Å². The molecule has 1 atom stereocenters. The molecule has 0 radical (unpaired) electrons. The maximum Gasteiger partial charge on any atom is 0.327 e. The van der Waals surface area contributed by atoms with Crippen LogP contribution >= 0.6 is 23.4 Å². The molecule has 1 aliphatic heterocycles. The lowest BCUT2D eigenvalue weighted by atomic mass is 10.0. The van der Waals surface area contributed by atoms with Crippen LogP contribution in [0.3, 0.4) is 0 Å². The molecule has 1 amide bonds. The number of halogens is 2. The number of rotatable bonds is 4. The molecule has 0 unspecified atom stereocenters. The molecule has 2 heterocycles. The number of aryl methyl sites for hydroxylation is 1. The van der Waals surface area contributed by atoms with Crippen LogP contribution in [0.15, 0.2) is 18.2 Å². The summed E-state index contributed by atoms with van der Waals surface area (Å²) in [5.41, 5.74) is 2.10. The van der Waals surface area contributed by atoms with Gasteiger partial charge in [-0.25, -0.2) is 9.07 Å². The lowest BCUT2D eigenvalue weighted by Gasteiger charge is -2.17. The van der Waals surface area contributed by atoms with Crippen LogP contribution in [0, 0.1) is 12.7 Å². The quantitative estimate of drug-likeness (QED) is 0.801. The molecule has 2 aromatic rings. The van der Waals surface area contributed by atoms with Crippen molar-refractivity contribution in [3.8, 4) is 0 Å². The van der Waals surface area contributed by atoms with E-state index in [1.807, 2.05) is 0 Å². The molecule has 0 saturated carbocycles. The minimum Gasteiger partial charge on any atom is -0.465 e. The number of nitrogens with one attached hydrogen (secondary N) is 1. The maximum absolute atomic E-state index is 13.4. The largest absolute Gasteiger partial charge is 0.465 e. The normalized spacial score (nSPS) is 16.6. The molecular formula is C17H17ClFN3O3S. The van der Waals surface area contributed by atoms with Crippen LogP contribution in [0.2, 0.25) is 5.02 Å². The van der Waals surface area contributed by atoms with Crippen LogP contribution in [0.5, 0.6) is 0 Å². The van der Waals surface area contributed by atoms with E-state index in [9.17, 15) is 14.0 Å². The molecule has 6 nitrogen and oxygen atoms in total. The molecule has 9 heteroatoms. The van der Waals surface area contributed by atoms with Crippen molar-refractivity contribution >= 4 is 41.1 Å². The standard InChI is InChI=1S/C17H17ClFN3O3S/c1-3-25-14(24)7-22-17-15(9(2)21-22)16(26-8-13(23)20-17)11-5-4-10(19)6-12(11)18/h4-6,16H,3,7-8H2,1-2H3,(H,20,23)/t16-/m1/s1. The zero-order valence-corrected chi connectivity index (χ0v) is 15.8. The number of anilines is 1. The lowest BCUT2D eigenvalue weighted by Crippen LogP contribution is -2.20. The first-order valence-electron chi connectivity index (χ1n) is 8.00. The van der Waals surface area contributed by atoms with E-state index >= 15 is 0 Å². The number of amides is 1. The molecule has 1 aromatic heterocycles. The first-order valence-corrected chi connectivity index (χ1v) is 9.42. The number of hydrogen-bond acceptors (Lipinski definition) is 5. The van der Waals surface area contributed by atoms with Crippen molar-refractivity contribution in [1.82, 2.24) is 9.78 Å². The van der Waals surface area contributed by atoms with Gasteiger partial charge in [0.15, 0.2) is 0 Å². The van der Waals surface area contributed by atoms with Crippen molar-refractivity contribution in [1.29, 1.82) is 0 Å². The molecule has 1 aromatic carbocycles. The van der Waals surface area contributed by atoms with Crippen LogP contribution in [0.1, 0.15) is 29.0 Å². The second-order valence-corrected chi connectivity index (χ2v) is 7.22. The number of esters is 1. The number of fused-ring (bicyclic) bond motifs is 1. The van der Waals surface area contributed by atoms with Crippen LogP contribution in [-0.4, -0.2) is 34.0 Å². The van der Waals surface area contributed by atoms with E-state index in [4.69, 9.17) is 16.3 Å². The van der Waals surface area contributed by atoms with E-state index < -0.39 is 11.8 Å². The van der Waals surface area contributed by atoms with E-state index in [-0.39, 0.29) is 35.1 Å². The molecule has 0 fully saturated rings. The highest BCUT2D eigenvalue weighted by Crippen LogP contribution is 2.45. The lowest BCUT2D eigenvalue weighted by molar-refractivity contribution is -0.144. The summed E-state index contributed by atoms with van der Waals surface area (Å²) in [4.78, 5) is 24.0. The van der Waals surface area contributed by atoms with Crippen LogP contribution in [-0.2, 0) is 20.9 Å². The zero-order chi connectivity index (χ0) is 18.8. The van der Waals surface area contributed by atoms with Crippen LogP contribution < -0.4 is 5.32 Å². The minimum absolute atomic E-state index is 0.112. The van der Waals surface area contributed by atoms with E-state index in [0.717, 1.165) is 5.56 Å². The fourth-order valence-electron chi connectivity index (χ4n) is 2.85. The Hall–Kier alpha value is -2.06. The Balaban J connectivity index is 2.07. The van der Waals surface area contributed by atoms with Crippen LogP contribution in [0.25, 0.3) is 0 Å². The average molecular weight is 398 g/mol. The summed E-state index contributed by atoms with van der Waals surface area (Å²) in [6, 6.07) is 4.19. The molecular weight excluding hydrogens is 381 g/mol. The first-order chi connectivity index (χ1) is 12.4. The Morgan fingerprint density at radius 3 is 3.00 bits per heavy atom. The summed E-state index contributed by atoms with van der Waals surface area (Å²) in [5, 5.41) is 7.16. The number of benzene rings is 1. The maximum atomic E-state index is 13.4. The Morgan fingerprint density at radius 1 is 1.54 bits per heavy atom. The number of carbonyl (C=O) groups is 2. The molecule has 1 N–H and O–H groups in total. The van der Waals surface area contributed by atoms with Gasteiger partial charge in [0.2, 0.25) is 5.91 Å². The molecule has 0 bridgehead atoms. The minimum atomic E-state index is -0.444.